The lowest BCUT2D eigenvalue weighted by Crippen LogP contribution is -2.40. The molecule has 1 aliphatic rings. The van der Waals surface area contributed by atoms with Crippen molar-refractivity contribution in [1.82, 2.24) is 14.5 Å². The zero-order chi connectivity index (χ0) is 16.6. The molecule has 0 saturated carbocycles. The highest BCUT2D eigenvalue weighted by Crippen LogP contribution is 2.20. The molecule has 1 fully saturated rings. The van der Waals surface area contributed by atoms with Crippen LogP contribution < -0.4 is 17.0 Å². The van der Waals surface area contributed by atoms with Crippen molar-refractivity contribution in [3.05, 3.63) is 44.6 Å². The topological polar surface area (TPSA) is 101 Å². The summed E-state index contributed by atoms with van der Waals surface area (Å²) in [5, 5.41) is 0.403. The van der Waals surface area contributed by atoms with Crippen LogP contribution in [0.1, 0.15) is 30.1 Å². The normalized spacial score (nSPS) is 17.8. The number of hydrogen-bond donors (Lipinski definition) is 2. The third kappa shape index (κ3) is 2.57. The number of H-pyrrole nitrogens is 1. The zero-order valence-corrected chi connectivity index (χ0v) is 13.0. The van der Waals surface area contributed by atoms with Gasteiger partial charge in [-0.25, -0.2) is 4.79 Å². The molecule has 0 aliphatic carbocycles. The summed E-state index contributed by atoms with van der Waals surface area (Å²) in [5.41, 5.74) is 5.76. The number of carbonyl (C=O) groups excluding carboxylic acids is 1. The first-order valence-corrected chi connectivity index (χ1v) is 7.84. The molecule has 0 spiro atoms. The van der Waals surface area contributed by atoms with Gasteiger partial charge in [0.15, 0.2) is 0 Å². The van der Waals surface area contributed by atoms with Crippen molar-refractivity contribution >= 4 is 16.8 Å². The van der Waals surface area contributed by atoms with Crippen LogP contribution in [0.4, 0.5) is 0 Å². The molecule has 7 nitrogen and oxygen atoms in total. The van der Waals surface area contributed by atoms with E-state index in [1.807, 2.05) is 0 Å². The average Bonchev–Trinajstić information content (AvgIpc) is 3.02. The Hall–Kier alpha value is -2.41. The Labute approximate surface area is 132 Å². The van der Waals surface area contributed by atoms with Crippen LogP contribution in [0, 0.1) is 0 Å². The van der Waals surface area contributed by atoms with Gasteiger partial charge in [0.25, 0.3) is 11.5 Å². The number of aromatic nitrogens is 2. The number of aromatic amines is 1. The van der Waals surface area contributed by atoms with E-state index in [1.165, 1.54) is 0 Å². The van der Waals surface area contributed by atoms with Crippen LogP contribution in [0.3, 0.4) is 0 Å². The predicted molar refractivity (Wildman–Crippen MR) is 87.6 cm³/mol. The maximum absolute atomic E-state index is 12.6. The van der Waals surface area contributed by atoms with Gasteiger partial charge in [0.1, 0.15) is 0 Å². The molecule has 1 saturated heterocycles. The molecule has 122 valence electrons. The van der Waals surface area contributed by atoms with E-state index >= 15 is 0 Å². The first-order chi connectivity index (χ1) is 11.1. The van der Waals surface area contributed by atoms with Crippen molar-refractivity contribution in [3.8, 4) is 0 Å². The van der Waals surface area contributed by atoms with E-state index in [0.29, 0.717) is 36.1 Å². The quantitative estimate of drug-likeness (QED) is 0.849. The number of carbonyl (C=O) groups is 1. The molecule has 0 radical (unpaired) electrons. The second kappa shape index (κ2) is 6.00. The summed E-state index contributed by atoms with van der Waals surface area (Å²) in [4.78, 5) is 41.3. The SMILES string of the molecule is CCn1c(=O)[nH]c2cc(C(=O)N3CCCC3CN)ccc2c1=O. The highest BCUT2D eigenvalue weighted by molar-refractivity contribution is 5.98. The van der Waals surface area contributed by atoms with Crippen molar-refractivity contribution in [2.24, 2.45) is 5.73 Å². The number of nitrogens with zero attached hydrogens (tertiary/aromatic N) is 2. The van der Waals surface area contributed by atoms with Gasteiger partial charge in [-0.1, -0.05) is 0 Å². The number of rotatable bonds is 3. The van der Waals surface area contributed by atoms with Crippen LogP contribution in [0.25, 0.3) is 10.9 Å². The summed E-state index contributed by atoms with van der Waals surface area (Å²) in [6.07, 6.45) is 1.85. The molecule has 1 aliphatic heterocycles. The van der Waals surface area contributed by atoms with Crippen molar-refractivity contribution in [1.29, 1.82) is 0 Å². The van der Waals surface area contributed by atoms with Gasteiger partial charge in [-0.2, -0.15) is 0 Å². The zero-order valence-electron chi connectivity index (χ0n) is 13.0. The van der Waals surface area contributed by atoms with E-state index in [4.69, 9.17) is 5.73 Å². The van der Waals surface area contributed by atoms with Crippen LogP contribution in [0.2, 0.25) is 0 Å². The standard InChI is InChI=1S/C16H20N4O3/c1-2-19-15(22)12-6-5-10(8-13(12)18-16(19)23)14(21)20-7-3-4-11(20)9-17/h5-6,8,11H,2-4,7,9,17H2,1H3,(H,18,23). The number of hydrogen-bond acceptors (Lipinski definition) is 4. The second-order valence-corrected chi connectivity index (χ2v) is 5.77. The lowest BCUT2D eigenvalue weighted by Gasteiger charge is -2.23. The van der Waals surface area contributed by atoms with Crippen LogP contribution in [0.15, 0.2) is 27.8 Å². The Balaban J connectivity index is 2.05. The van der Waals surface area contributed by atoms with Crippen molar-refractivity contribution in [2.75, 3.05) is 13.1 Å². The largest absolute Gasteiger partial charge is 0.334 e. The maximum atomic E-state index is 12.6. The summed E-state index contributed by atoms with van der Waals surface area (Å²) < 4.78 is 1.13. The molecule has 23 heavy (non-hydrogen) atoms. The van der Waals surface area contributed by atoms with Gasteiger partial charge in [0, 0.05) is 31.2 Å². The van der Waals surface area contributed by atoms with E-state index in [2.05, 4.69) is 4.98 Å². The summed E-state index contributed by atoms with van der Waals surface area (Å²) >= 11 is 0. The van der Waals surface area contributed by atoms with Crippen LogP contribution in [-0.2, 0) is 6.54 Å². The smallest absolute Gasteiger partial charge is 0.328 e. The third-order valence-electron chi connectivity index (χ3n) is 4.46. The number of nitrogens with two attached hydrogens (primary N) is 1. The molecule has 2 aromatic rings. The molecule has 7 heteroatoms. The maximum Gasteiger partial charge on any atom is 0.328 e. The molecule has 1 amide bonds. The van der Waals surface area contributed by atoms with Gasteiger partial charge in [-0.15, -0.1) is 0 Å². The predicted octanol–water partition coefficient (Wildman–Crippen LogP) is 0.273. The average molecular weight is 316 g/mol. The molecule has 0 bridgehead atoms. The molecule has 1 aromatic carbocycles. The Morgan fingerprint density at radius 3 is 2.87 bits per heavy atom. The molecular weight excluding hydrogens is 296 g/mol. The monoisotopic (exact) mass is 316 g/mol. The van der Waals surface area contributed by atoms with E-state index < -0.39 is 5.69 Å². The number of benzene rings is 1. The first kappa shape index (κ1) is 15.5. The van der Waals surface area contributed by atoms with Crippen LogP contribution >= 0.6 is 0 Å². The summed E-state index contributed by atoms with van der Waals surface area (Å²) in [7, 11) is 0. The molecule has 2 heterocycles. The molecule has 3 N–H and O–H groups in total. The summed E-state index contributed by atoms with van der Waals surface area (Å²) in [6.45, 7) is 3.17. The molecule has 1 atom stereocenters. The van der Waals surface area contributed by atoms with Crippen molar-refractivity contribution < 1.29 is 4.79 Å². The van der Waals surface area contributed by atoms with Gasteiger partial charge < -0.3 is 15.6 Å². The van der Waals surface area contributed by atoms with Gasteiger partial charge in [0.2, 0.25) is 0 Å². The van der Waals surface area contributed by atoms with E-state index in [9.17, 15) is 14.4 Å². The van der Waals surface area contributed by atoms with Gasteiger partial charge >= 0.3 is 5.69 Å². The van der Waals surface area contributed by atoms with Gasteiger partial charge in [-0.05, 0) is 38.0 Å². The van der Waals surface area contributed by atoms with E-state index in [1.54, 1.807) is 30.0 Å². The van der Waals surface area contributed by atoms with Crippen molar-refractivity contribution in [3.63, 3.8) is 0 Å². The summed E-state index contributed by atoms with van der Waals surface area (Å²) in [5.74, 6) is -0.111. The van der Waals surface area contributed by atoms with Crippen molar-refractivity contribution in [2.45, 2.75) is 32.4 Å². The minimum absolute atomic E-state index is 0.0605. The fourth-order valence-electron chi connectivity index (χ4n) is 3.19. The number of fused-ring (bicyclic) bond motifs is 1. The summed E-state index contributed by atoms with van der Waals surface area (Å²) in [6, 6.07) is 4.87. The highest BCUT2D eigenvalue weighted by atomic mass is 16.2. The Morgan fingerprint density at radius 2 is 2.17 bits per heavy atom. The third-order valence-corrected chi connectivity index (χ3v) is 4.46. The number of amides is 1. The van der Waals surface area contributed by atoms with Gasteiger partial charge in [0.05, 0.1) is 10.9 Å². The van der Waals surface area contributed by atoms with Gasteiger partial charge in [-0.3, -0.25) is 14.2 Å². The lowest BCUT2D eigenvalue weighted by molar-refractivity contribution is 0.0741. The lowest BCUT2D eigenvalue weighted by atomic mass is 10.1. The minimum atomic E-state index is -0.462. The fourth-order valence-corrected chi connectivity index (χ4v) is 3.19. The minimum Gasteiger partial charge on any atom is -0.334 e. The second-order valence-electron chi connectivity index (χ2n) is 5.77. The Morgan fingerprint density at radius 1 is 1.39 bits per heavy atom. The number of likely N-dealkylation sites (tertiary alicyclic amines) is 1. The highest BCUT2D eigenvalue weighted by Gasteiger charge is 2.28. The molecule has 1 aromatic heterocycles. The number of nitrogens with one attached hydrogen (secondary N) is 1. The molecule has 1 unspecified atom stereocenters. The first-order valence-electron chi connectivity index (χ1n) is 7.84. The van der Waals surface area contributed by atoms with E-state index in [-0.39, 0.29) is 17.5 Å². The van der Waals surface area contributed by atoms with Crippen LogP contribution in [-0.4, -0.2) is 39.5 Å². The molecular formula is C16H20N4O3. The Bertz CT molecular complexity index is 868. The van der Waals surface area contributed by atoms with E-state index in [0.717, 1.165) is 17.4 Å². The fraction of sp³-hybridized carbons (Fsp3) is 0.438. The molecule has 3 rings (SSSR count). The van der Waals surface area contributed by atoms with Crippen LogP contribution in [0.5, 0.6) is 0 Å². The Kier molecular flexibility index (Phi) is 4.04.